The monoisotopic (exact) mass is 236 g/mol. The van der Waals surface area contributed by atoms with E-state index in [1.54, 1.807) is 6.07 Å². The van der Waals surface area contributed by atoms with Gasteiger partial charge in [-0.3, -0.25) is 5.41 Å². The second-order valence-electron chi connectivity index (χ2n) is 4.03. The summed E-state index contributed by atoms with van der Waals surface area (Å²) < 4.78 is 10.9. The predicted molar refractivity (Wildman–Crippen MR) is 62.1 cm³/mol. The molecular weight excluding hydrogens is 220 g/mol. The van der Waals surface area contributed by atoms with Gasteiger partial charge in [0, 0.05) is 13.2 Å². The lowest BCUT2D eigenvalue weighted by molar-refractivity contribution is 0.0488. The Morgan fingerprint density at radius 3 is 3.00 bits per heavy atom. The number of aromatic nitrogens is 2. The van der Waals surface area contributed by atoms with Gasteiger partial charge < -0.3 is 15.2 Å². The van der Waals surface area contributed by atoms with Crippen molar-refractivity contribution < 1.29 is 9.47 Å². The summed E-state index contributed by atoms with van der Waals surface area (Å²) in [7, 11) is 0. The van der Waals surface area contributed by atoms with Crippen LogP contribution in [0.4, 0.5) is 0 Å². The first kappa shape index (κ1) is 11.8. The van der Waals surface area contributed by atoms with E-state index in [4.69, 9.17) is 20.6 Å². The maximum atomic E-state index is 7.41. The minimum atomic E-state index is -0.0538. The standard InChI is InChI=1S/C11H16N4O2/c12-10(13)9-1-4-14-15-11(9)17-7-8-2-5-16-6-3-8/h1,4,8H,2-3,5-7H2,(H3,12,13). The lowest BCUT2D eigenvalue weighted by atomic mass is 10.0. The molecule has 3 N–H and O–H groups in total. The van der Waals surface area contributed by atoms with Crippen LogP contribution in [0.15, 0.2) is 12.3 Å². The highest BCUT2D eigenvalue weighted by Gasteiger charge is 2.16. The van der Waals surface area contributed by atoms with Crippen molar-refractivity contribution in [2.75, 3.05) is 19.8 Å². The van der Waals surface area contributed by atoms with E-state index in [-0.39, 0.29) is 5.84 Å². The average Bonchev–Trinajstić information content (AvgIpc) is 2.38. The molecule has 92 valence electrons. The molecule has 0 atom stereocenters. The lowest BCUT2D eigenvalue weighted by Gasteiger charge is -2.22. The summed E-state index contributed by atoms with van der Waals surface area (Å²) in [6, 6.07) is 1.63. The Labute approximate surface area is 99.6 Å². The zero-order valence-corrected chi connectivity index (χ0v) is 9.56. The SMILES string of the molecule is N=C(N)c1ccnnc1OCC1CCOCC1. The molecule has 1 aromatic rings. The first-order chi connectivity index (χ1) is 8.27. The molecule has 0 saturated carbocycles. The molecule has 0 radical (unpaired) electrons. The molecule has 0 amide bonds. The van der Waals surface area contributed by atoms with Crippen LogP contribution >= 0.6 is 0 Å². The zero-order valence-electron chi connectivity index (χ0n) is 9.56. The number of rotatable bonds is 4. The molecule has 1 aliphatic heterocycles. The molecular formula is C11H16N4O2. The van der Waals surface area contributed by atoms with Gasteiger partial charge >= 0.3 is 0 Å². The van der Waals surface area contributed by atoms with Crippen molar-refractivity contribution in [1.82, 2.24) is 10.2 Å². The first-order valence-corrected chi connectivity index (χ1v) is 5.64. The van der Waals surface area contributed by atoms with Crippen molar-refractivity contribution in [2.45, 2.75) is 12.8 Å². The highest BCUT2D eigenvalue weighted by Crippen LogP contribution is 2.18. The van der Waals surface area contributed by atoms with Gasteiger partial charge in [-0.2, -0.15) is 5.10 Å². The van der Waals surface area contributed by atoms with Crippen molar-refractivity contribution in [1.29, 1.82) is 5.41 Å². The number of hydrogen-bond acceptors (Lipinski definition) is 5. The third-order valence-corrected chi connectivity index (χ3v) is 2.77. The summed E-state index contributed by atoms with van der Waals surface area (Å²) >= 11 is 0. The van der Waals surface area contributed by atoms with Crippen molar-refractivity contribution in [3.63, 3.8) is 0 Å². The van der Waals surface area contributed by atoms with Crippen LogP contribution in [0.5, 0.6) is 5.88 Å². The molecule has 0 spiro atoms. The second-order valence-corrected chi connectivity index (χ2v) is 4.03. The van der Waals surface area contributed by atoms with Gasteiger partial charge in [-0.25, -0.2) is 0 Å². The third-order valence-electron chi connectivity index (χ3n) is 2.77. The Morgan fingerprint density at radius 2 is 2.29 bits per heavy atom. The van der Waals surface area contributed by atoms with Gasteiger partial charge in [0.15, 0.2) is 0 Å². The summed E-state index contributed by atoms with van der Waals surface area (Å²) in [5.74, 6) is 0.763. The van der Waals surface area contributed by atoms with Gasteiger partial charge in [0.1, 0.15) is 5.84 Å². The highest BCUT2D eigenvalue weighted by atomic mass is 16.5. The smallest absolute Gasteiger partial charge is 0.244 e. The van der Waals surface area contributed by atoms with Gasteiger partial charge in [0.25, 0.3) is 0 Å². The molecule has 2 heterocycles. The fourth-order valence-corrected chi connectivity index (χ4v) is 1.74. The quantitative estimate of drug-likeness (QED) is 0.588. The molecule has 0 unspecified atom stereocenters. The van der Waals surface area contributed by atoms with Crippen molar-refractivity contribution in [3.05, 3.63) is 17.8 Å². The average molecular weight is 236 g/mol. The van der Waals surface area contributed by atoms with Gasteiger partial charge in [-0.05, 0) is 24.8 Å². The molecule has 6 nitrogen and oxygen atoms in total. The first-order valence-electron chi connectivity index (χ1n) is 5.64. The number of nitrogens with zero attached hydrogens (tertiary/aromatic N) is 2. The molecule has 6 heteroatoms. The molecule has 17 heavy (non-hydrogen) atoms. The maximum absolute atomic E-state index is 7.41. The van der Waals surface area contributed by atoms with Gasteiger partial charge in [-0.15, -0.1) is 5.10 Å². The Morgan fingerprint density at radius 1 is 1.53 bits per heavy atom. The molecule has 0 aromatic carbocycles. The van der Waals surface area contributed by atoms with Crippen LogP contribution in [0.1, 0.15) is 18.4 Å². The van der Waals surface area contributed by atoms with Crippen molar-refractivity contribution in [3.8, 4) is 5.88 Å². The Hall–Kier alpha value is -1.69. The van der Waals surface area contributed by atoms with Crippen LogP contribution < -0.4 is 10.5 Å². The fourth-order valence-electron chi connectivity index (χ4n) is 1.74. The number of amidine groups is 1. The van der Waals surface area contributed by atoms with Gasteiger partial charge in [-0.1, -0.05) is 0 Å². The largest absolute Gasteiger partial charge is 0.476 e. The van der Waals surface area contributed by atoms with Gasteiger partial charge in [0.05, 0.1) is 18.4 Å². The number of nitrogen functional groups attached to an aromatic ring is 1. The van der Waals surface area contributed by atoms with Gasteiger partial charge in [0.2, 0.25) is 5.88 Å². The Bertz CT molecular complexity index is 391. The van der Waals surface area contributed by atoms with Crippen LogP contribution in [-0.4, -0.2) is 35.9 Å². The minimum Gasteiger partial charge on any atom is -0.476 e. The van der Waals surface area contributed by atoms with Crippen LogP contribution in [0.25, 0.3) is 0 Å². The van der Waals surface area contributed by atoms with Crippen LogP contribution in [0, 0.1) is 11.3 Å². The topological polar surface area (TPSA) is 94.1 Å². The van der Waals surface area contributed by atoms with E-state index in [2.05, 4.69) is 10.2 Å². The van der Waals surface area contributed by atoms with Crippen molar-refractivity contribution >= 4 is 5.84 Å². The lowest BCUT2D eigenvalue weighted by Crippen LogP contribution is -2.23. The van der Waals surface area contributed by atoms with E-state index in [1.165, 1.54) is 6.20 Å². The summed E-state index contributed by atoms with van der Waals surface area (Å²) in [5, 5.41) is 15.0. The summed E-state index contributed by atoms with van der Waals surface area (Å²) in [4.78, 5) is 0. The molecule has 1 aromatic heterocycles. The Balaban J connectivity index is 1.96. The van der Waals surface area contributed by atoms with E-state index in [1.807, 2.05) is 0 Å². The molecule has 0 aliphatic carbocycles. The molecule has 1 saturated heterocycles. The maximum Gasteiger partial charge on any atom is 0.244 e. The summed E-state index contributed by atoms with van der Waals surface area (Å²) in [6.07, 6.45) is 3.49. The summed E-state index contributed by atoms with van der Waals surface area (Å²) in [5.41, 5.74) is 5.93. The molecule has 0 bridgehead atoms. The van der Waals surface area contributed by atoms with E-state index < -0.39 is 0 Å². The number of nitrogens with two attached hydrogens (primary N) is 1. The van der Waals surface area contributed by atoms with E-state index in [9.17, 15) is 0 Å². The normalized spacial score (nSPS) is 16.7. The molecule has 1 aliphatic rings. The van der Waals surface area contributed by atoms with Crippen LogP contribution in [0.3, 0.4) is 0 Å². The van der Waals surface area contributed by atoms with E-state index >= 15 is 0 Å². The van der Waals surface area contributed by atoms with E-state index in [0.717, 1.165) is 26.1 Å². The third kappa shape index (κ3) is 3.13. The summed E-state index contributed by atoms with van der Waals surface area (Å²) in [6.45, 7) is 2.14. The molecule has 1 fully saturated rings. The number of ether oxygens (including phenoxy) is 2. The molecule has 2 rings (SSSR count). The van der Waals surface area contributed by atoms with Crippen LogP contribution in [-0.2, 0) is 4.74 Å². The van der Waals surface area contributed by atoms with Crippen molar-refractivity contribution in [2.24, 2.45) is 11.7 Å². The fraction of sp³-hybridized carbons (Fsp3) is 0.545. The number of hydrogen-bond donors (Lipinski definition) is 2. The highest BCUT2D eigenvalue weighted by molar-refractivity contribution is 5.96. The van der Waals surface area contributed by atoms with E-state index in [0.29, 0.717) is 24.0 Å². The number of nitrogens with one attached hydrogen (secondary N) is 1. The Kier molecular flexibility index (Phi) is 3.87. The predicted octanol–water partition coefficient (Wildman–Crippen LogP) is 0.566. The minimum absolute atomic E-state index is 0.0538. The van der Waals surface area contributed by atoms with Crippen LogP contribution in [0.2, 0.25) is 0 Å². The zero-order chi connectivity index (χ0) is 12.1. The second kappa shape index (κ2) is 5.58.